The van der Waals surface area contributed by atoms with E-state index in [4.69, 9.17) is 9.84 Å². The first-order valence-electron chi connectivity index (χ1n) is 5.06. The molecule has 3 nitrogen and oxygen atoms in total. The molecule has 84 valence electrons. The average molecular weight is 218 g/mol. The van der Waals surface area contributed by atoms with Gasteiger partial charge in [0, 0.05) is 11.5 Å². The highest BCUT2D eigenvalue weighted by atomic mass is 16.5. The van der Waals surface area contributed by atoms with Gasteiger partial charge in [0.15, 0.2) is 0 Å². The number of benzene rings is 1. The van der Waals surface area contributed by atoms with Crippen LogP contribution in [0.1, 0.15) is 23.6 Å². The maximum atomic E-state index is 11.0. The van der Waals surface area contributed by atoms with Crippen LogP contribution in [0.25, 0.3) is 0 Å². The van der Waals surface area contributed by atoms with Gasteiger partial charge in [-0.2, -0.15) is 0 Å². The van der Waals surface area contributed by atoms with E-state index in [1.54, 1.807) is 19.1 Å². The fourth-order valence-electron chi connectivity index (χ4n) is 1.25. The Hall–Kier alpha value is -1.79. The molecule has 1 aromatic carbocycles. The predicted molar refractivity (Wildman–Crippen MR) is 60.6 cm³/mol. The van der Waals surface area contributed by atoms with Crippen molar-refractivity contribution in [3.8, 4) is 11.8 Å². The molecule has 0 radical (unpaired) electrons. The van der Waals surface area contributed by atoms with Crippen LogP contribution >= 0.6 is 0 Å². The Morgan fingerprint density at radius 1 is 1.50 bits per heavy atom. The Balaban J connectivity index is 2.85. The van der Waals surface area contributed by atoms with Crippen molar-refractivity contribution < 1.29 is 14.6 Å². The summed E-state index contributed by atoms with van der Waals surface area (Å²) in [5.41, 5.74) is 2.53. The van der Waals surface area contributed by atoms with E-state index in [-0.39, 0.29) is 6.61 Å². The van der Waals surface area contributed by atoms with Gasteiger partial charge in [0.05, 0.1) is 13.2 Å². The maximum Gasteiger partial charge on any atom is 0.384 e. The molecular weight excluding hydrogens is 204 g/mol. The number of rotatable bonds is 2. The molecule has 0 amide bonds. The molecule has 0 spiro atoms. The smallest absolute Gasteiger partial charge is 0.384 e. The summed E-state index contributed by atoms with van der Waals surface area (Å²) < 4.78 is 4.70. The standard InChI is InChI=1S/C13H14O3/c1-3-16-13(15)7-6-12-5-4-11(9-14)8-10(12)2/h4-5,8,14H,3,9H2,1-2H3. The first-order valence-corrected chi connectivity index (χ1v) is 5.06. The summed E-state index contributed by atoms with van der Waals surface area (Å²) in [7, 11) is 0. The maximum absolute atomic E-state index is 11.0. The van der Waals surface area contributed by atoms with E-state index in [0.717, 1.165) is 16.7 Å². The van der Waals surface area contributed by atoms with Crippen molar-refractivity contribution in [3.63, 3.8) is 0 Å². The molecule has 1 aromatic rings. The minimum Gasteiger partial charge on any atom is -0.456 e. The number of carbonyl (C=O) groups excluding carboxylic acids is 1. The summed E-state index contributed by atoms with van der Waals surface area (Å²) in [6.45, 7) is 3.96. The highest BCUT2D eigenvalue weighted by molar-refractivity contribution is 5.89. The zero-order valence-electron chi connectivity index (χ0n) is 9.41. The number of aliphatic hydroxyl groups is 1. The Morgan fingerprint density at radius 3 is 2.81 bits per heavy atom. The van der Waals surface area contributed by atoms with E-state index in [1.807, 2.05) is 13.0 Å². The van der Waals surface area contributed by atoms with Gasteiger partial charge in [0.25, 0.3) is 0 Å². The largest absolute Gasteiger partial charge is 0.456 e. The lowest BCUT2D eigenvalue weighted by Crippen LogP contribution is -1.99. The van der Waals surface area contributed by atoms with Gasteiger partial charge in [-0.3, -0.25) is 0 Å². The van der Waals surface area contributed by atoms with Crippen LogP contribution in [0.5, 0.6) is 0 Å². The molecule has 0 atom stereocenters. The number of ether oxygens (including phenoxy) is 1. The molecule has 0 heterocycles. The number of esters is 1. The number of aryl methyl sites for hydroxylation is 1. The van der Waals surface area contributed by atoms with Gasteiger partial charge >= 0.3 is 5.97 Å². The predicted octanol–water partition coefficient (Wildman–Crippen LogP) is 1.40. The third-order valence-electron chi connectivity index (χ3n) is 2.05. The second-order valence-electron chi connectivity index (χ2n) is 3.28. The Kier molecular flexibility index (Phi) is 4.56. The molecule has 1 rings (SSSR count). The average Bonchev–Trinajstić information content (AvgIpc) is 2.27. The summed E-state index contributed by atoms with van der Waals surface area (Å²) in [5, 5.41) is 8.93. The molecule has 0 aliphatic carbocycles. The highest BCUT2D eigenvalue weighted by Gasteiger charge is 1.98. The van der Waals surface area contributed by atoms with Gasteiger partial charge in [0.1, 0.15) is 0 Å². The van der Waals surface area contributed by atoms with Crippen LogP contribution in [0.15, 0.2) is 18.2 Å². The minimum atomic E-state index is -0.520. The van der Waals surface area contributed by atoms with E-state index in [2.05, 4.69) is 11.8 Å². The monoisotopic (exact) mass is 218 g/mol. The molecule has 0 unspecified atom stereocenters. The first kappa shape index (κ1) is 12.3. The van der Waals surface area contributed by atoms with Crippen LogP contribution in [0, 0.1) is 18.8 Å². The molecule has 3 heteroatoms. The molecule has 0 bridgehead atoms. The van der Waals surface area contributed by atoms with Crippen molar-refractivity contribution in [1.82, 2.24) is 0 Å². The highest BCUT2D eigenvalue weighted by Crippen LogP contribution is 2.09. The summed E-state index contributed by atoms with van der Waals surface area (Å²) in [6, 6.07) is 5.41. The van der Waals surface area contributed by atoms with Crippen molar-refractivity contribution in [1.29, 1.82) is 0 Å². The van der Waals surface area contributed by atoms with E-state index in [9.17, 15) is 4.79 Å². The summed E-state index contributed by atoms with van der Waals surface area (Å²) in [4.78, 5) is 11.0. The molecular formula is C13H14O3. The summed E-state index contributed by atoms with van der Waals surface area (Å²) in [5.74, 6) is 4.63. The van der Waals surface area contributed by atoms with Crippen molar-refractivity contribution in [2.45, 2.75) is 20.5 Å². The van der Waals surface area contributed by atoms with Crippen LogP contribution in [-0.2, 0) is 16.1 Å². The van der Waals surface area contributed by atoms with Crippen LogP contribution in [0.4, 0.5) is 0 Å². The molecule has 0 aliphatic rings. The van der Waals surface area contributed by atoms with Crippen LogP contribution < -0.4 is 0 Å². The van der Waals surface area contributed by atoms with Crippen molar-refractivity contribution >= 4 is 5.97 Å². The van der Waals surface area contributed by atoms with E-state index >= 15 is 0 Å². The fourth-order valence-corrected chi connectivity index (χ4v) is 1.25. The zero-order chi connectivity index (χ0) is 12.0. The van der Waals surface area contributed by atoms with Crippen LogP contribution in [-0.4, -0.2) is 17.7 Å². The van der Waals surface area contributed by atoms with Gasteiger partial charge in [-0.25, -0.2) is 4.79 Å². The number of carbonyl (C=O) groups is 1. The number of hydrogen-bond acceptors (Lipinski definition) is 3. The molecule has 1 N–H and O–H groups in total. The van der Waals surface area contributed by atoms with E-state index in [1.165, 1.54) is 0 Å². The topological polar surface area (TPSA) is 46.5 Å². The Morgan fingerprint density at radius 2 is 2.25 bits per heavy atom. The van der Waals surface area contributed by atoms with Gasteiger partial charge in [-0.05, 0) is 31.0 Å². The van der Waals surface area contributed by atoms with Crippen molar-refractivity contribution in [2.75, 3.05) is 6.61 Å². The normalized spacial score (nSPS) is 9.19. The third kappa shape index (κ3) is 3.41. The molecule has 0 aliphatic heterocycles. The van der Waals surface area contributed by atoms with Gasteiger partial charge in [-0.15, -0.1) is 0 Å². The van der Waals surface area contributed by atoms with Crippen molar-refractivity contribution in [2.24, 2.45) is 0 Å². The molecule has 0 saturated heterocycles. The number of aliphatic hydroxyl groups excluding tert-OH is 1. The zero-order valence-corrected chi connectivity index (χ0v) is 9.41. The third-order valence-corrected chi connectivity index (χ3v) is 2.05. The van der Waals surface area contributed by atoms with E-state index in [0.29, 0.717) is 6.61 Å². The Bertz CT molecular complexity index is 438. The molecule has 0 aromatic heterocycles. The van der Waals surface area contributed by atoms with Gasteiger partial charge in [0.2, 0.25) is 0 Å². The summed E-state index contributed by atoms with van der Waals surface area (Å²) in [6.07, 6.45) is 0. The molecule has 0 fully saturated rings. The van der Waals surface area contributed by atoms with Gasteiger partial charge < -0.3 is 9.84 Å². The van der Waals surface area contributed by atoms with Crippen LogP contribution in [0.3, 0.4) is 0 Å². The minimum absolute atomic E-state index is 0.00637. The lowest BCUT2D eigenvalue weighted by Gasteiger charge is -2.00. The number of hydrogen-bond donors (Lipinski definition) is 1. The quantitative estimate of drug-likeness (QED) is 0.603. The van der Waals surface area contributed by atoms with E-state index < -0.39 is 5.97 Å². The van der Waals surface area contributed by atoms with Crippen LogP contribution in [0.2, 0.25) is 0 Å². The molecule has 0 saturated carbocycles. The molecule has 16 heavy (non-hydrogen) atoms. The fraction of sp³-hybridized carbons (Fsp3) is 0.308. The van der Waals surface area contributed by atoms with Crippen molar-refractivity contribution in [3.05, 3.63) is 34.9 Å². The van der Waals surface area contributed by atoms with Gasteiger partial charge in [-0.1, -0.05) is 18.1 Å². The second-order valence-corrected chi connectivity index (χ2v) is 3.28. The lowest BCUT2D eigenvalue weighted by molar-refractivity contribution is -0.136. The lowest BCUT2D eigenvalue weighted by atomic mass is 10.1. The SMILES string of the molecule is CCOC(=O)C#Cc1ccc(CO)cc1C. The summed E-state index contributed by atoms with van der Waals surface area (Å²) >= 11 is 0. The first-order chi connectivity index (χ1) is 7.67. The second kappa shape index (κ2) is 5.94. The Labute approximate surface area is 95.1 Å².